The van der Waals surface area contributed by atoms with Crippen LogP contribution in [0.2, 0.25) is 4.34 Å². The number of hydrogen-bond acceptors (Lipinski definition) is 8. The molecule has 3 N–H and O–H groups in total. The molecule has 1 fully saturated rings. The third kappa shape index (κ3) is 6.59. The van der Waals surface area contributed by atoms with Crippen molar-refractivity contribution < 1.29 is 19.2 Å². The molecule has 10 nitrogen and oxygen atoms in total. The summed E-state index contributed by atoms with van der Waals surface area (Å²) in [6, 6.07) is 8.31. The van der Waals surface area contributed by atoms with Crippen molar-refractivity contribution in [2.75, 3.05) is 38.5 Å². The molecule has 0 radical (unpaired) electrons. The summed E-state index contributed by atoms with van der Waals surface area (Å²) in [6.45, 7) is 2.30. The number of nitrogens with zero attached hydrogens (tertiary/aromatic N) is 3. The van der Waals surface area contributed by atoms with Gasteiger partial charge in [-0.3, -0.25) is 19.2 Å². The van der Waals surface area contributed by atoms with Gasteiger partial charge in [0.15, 0.2) is 5.01 Å². The molecule has 14 heteroatoms. The molecule has 2 aromatic heterocycles. The standard InChI is InChI=1S/C25H25ClN6O4S2.ClH/c1-31-9-7-16-18(12-31)38-24(29-16)23(35)30-21-14(11-28-22(34)17-5-6-19(26)37-17)3-2-4-15(21)25(36)32-10-8-27-20(33)13-32;/h2-6H,7-13H2,1H3,(H,27,33)(H,28,34)(H,30,35);1H. The Morgan fingerprint density at radius 1 is 1.10 bits per heavy atom. The number of aromatic nitrogens is 1. The highest BCUT2D eigenvalue weighted by Crippen LogP contribution is 2.28. The van der Waals surface area contributed by atoms with Gasteiger partial charge in [0.2, 0.25) is 5.91 Å². The van der Waals surface area contributed by atoms with E-state index < -0.39 is 5.91 Å². The van der Waals surface area contributed by atoms with E-state index in [1.165, 1.54) is 16.2 Å². The number of carbonyl (C=O) groups is 4. The van der Waals surface area contributed by atoms with Gasteiger partial charge in [0, 0.05) is 44.0 Å². The molecule has 4 heterocycles. The third-order valence-corrected chi connectivity index (χ3v) is 8.61. The van der Waals surface area contributed by atoms with E-state index in [0.29, 0.717) is 32.9 Å². The fourth-order valence-electron chi connectivity index (χ4n) is 4.34. The number of thiophene rings is 1. The molecule has 39 heavy (non-hydrogen) atoms. The first-order chi connectivity index (χ1) is 18.3. The predicted octanol–water partition coefficient (Wildman–Crippen LogP) is 3.02. The van der Waals surface area contributed by atoms with E-state index in [0.717, 1.165) is 41.4 Å². The Kier molecular flexibility index (Phi) is 9.23. The van der Waals surface area contributed by atoms with Gasteiger partial charge >= 0.3 is 0 Å². The van der Waals surface area contributed by atoms with Crippen molar-refractivity contribution in [2.24, 2.45) is 0 Å². The van der Waals surface area contributed by atoms with Gasteiger partial charge < -0.3 is 25.8 Å². The first kappa shape index (κ1) is 29.0. The lowest BCUT2D eigenvalue weighted by Gasteiger charge is -2.28. The zero-order valence-electron chi connectivity index (χ0n) is 20.9. The summed E-state index contributed by atoms with van der Waals surface area (Å²) in [5.41, 5.74) is 1.98. The number of halogens is 2. The third-order valence-electron chi connectivity index (χ3n) is 6.30. The summed E-state index contributed by atoms with van der Waals surface area (Å²) in [5.74, 6) is -1.37. The van der Waals surface area contributed by atoms with Crippen LogP contribution in [0.5, 0.6) is 0 Å². The van der Waals surface area contributed by atoms with Crippen LogP contribution in [0.4, 0.5) is 5.69 Å². The molecular formula is C25H26Cl2N6O4S2. The number of rotatable bonds is 6. The summed E-state index contributed by atoms with van der Waals surface area (Å²) in [4.78, 5) is 61.1. The van der Waals surface area contributed by atoms with Gasteiger partial charge in [0.05, 0.1) is 32.7 Å². The number of anilines is 1. The summed E-state index contributed by atoms with van der Waals surface area (Å²) in [6.07, 6.45) is 0.770. The van der Waals surface area contributed by atoms with Crippen molar-refractivity contribution >= 4 is 76.0 Å². The van der Waals surface area contributed by atoms with Crippen LogP contribution in [-0.2, 0) is 24.3 Å². The number of piperazine rings is 1. The normalized spacial score (nSPS) is 15.1. The Morgan fingerprint density at radius 3 is 2.67 bits per heavy atom. The van der Waals surface area contributed by atoms with Crippen LogP contribution in [0.3, 0.4) is 0 Å². The fourth-order valence-corrected chi connectivity index (χ4v) is 6.38. The molecule has 3 aromatic rings. The van der Waals surface area contributed by atoms with E-state index in [-0.39, 0.29) is 54.5 Å². The highest BCUT2D eigenvalue weighted by atomic mass is 35.5. The zero-order valence-corrected chi connectivity index (χ0v) is 24.1. The zero-order chi connectivity index (χ0) is 26.8. The quantitative estimate of drug-likeness (QED) is 0.395. The first-order valence-electron chi connectivity index (χ1n) is 12.0. The number of nitrogens with one attached hydrogen (secondary N) is 3. The van der Waals surface area contributed by atoms with Crippen molar-refractivity contribution in [2.45, 2.75) is 19.5 Å². The number of amides is 4. The molecule has 0 unspecified atom stereocenters. The van der Waals surface area contributed by atoms with Gasteiger partial charge in [-0.25, -0.2) is 4.98 Å². The van der Waals surface area contributed by atoms with Crippen LogP contribution < -0.4 is 16.0 Å². The number of para-hydroxylation sites is 1. The first-order valence-corrected chi connectivity index (χ1v) is 14.0. The summed E-state index contributed by atoms with van der Waals surface area (Å²) in [7, 11) is 2.02. The minimum absolute atomic E-state index is 0. The molecule has 206 valence electrons. The minimum Gasteiger partial charge on any atom is -0.353 e. The van der Waals surface area contributed by atoms with Crippen molar-refractivity contribution in [3.63, 3.8) is 0 Å². The Morgan fingerprint density at radius 2 is 1.92 bits per heavy atom. The summed E-state index contributed by atoms with van der Waals surface area (Å²) in [5, 5.41) is 8.74. The Bertz CT molecular complexity index is 1430. The molecule has 5 rings (SSSR count). The van der Waals surface area contributed by atoms with Crippen molar-refractivity contribution in [3.8, 4) is 0 Å². The van der Waals surface area contributed by atoms with Gasteiger partial charge in [-0.15, -0.1) is 35.1 Å². The van der Waals surface area contributed by atoms with Crippen LogP contribution in [0, 0.1) is 0 Å². The number of carbonyl (C=O) groups excluding carboxylic acids is 4. The highest BCUT2D eigenvalue weighted by molar-refractivity contribution is 7.18. The molecular weight excluding hydrogens is 583 g/mol. The lowest BCUT2D eigenvalue weighted by Crippen LogP contribution is -2.50. The Hall–Kier alpha value is -3.03. The lowest BCUT2D eigenvalue weighted by atomic mass is 10.0. The largest absolute Gasteiger partial charge is 0.353 e. The average molecular weight is 610 g/mol. The van der Waals surface area contributed by atoms with Crippen molar-refractivity contribution in [1.82, 2.24) is 25.4 Å². The van der Waals surface area contributed by atoms with Gasteiger partial charge in [-0.05, 0) is 30.8 Å². The van der Waals surface area contributed by atoms with Gasteiger partial charge in [0.25, 0.3) is 17.7 Å². The van der Waals surface area contributed by atoms with E-state index in [2.05, 4.69) is 25.8 Å². The maximum absolute atomic E-state index is 13.5. The predicted molar refractivity (Wildman–Crippen MR) is 153 cm³/mol. The van der Waals surface area contributed by atoms with Crippen LogP contribution in [0.15, 0.2) is 30.3 Å². The van der Waals surface area contributed by atoms with Gasteiger partial charge in [-0.1, -0.05) is 23.7 Å². The summed E-state index contributed by atoms with van der Waals surface area (Å²) >= 11 is 8.46. The highest BCUT2D eigenvalue weighted by Gasteiger charge is 2.27. The molecule has 0 saturated carbocycles. The molecule has 2 aliphatic rings. The van der Waals surface area contributed by atoms with Crippen LogP contribution in [0.1, 0.15) is 46.0 Å². The van der Waals surface area contributed by atoms with E-state index in [9.17, 15) is 19.2 Å². The SMILES string of the molecule is CN1CCc2nc(C(=O)Nc3c(CNC(=O)c4ccc(Cl)s4)cccc3C(=O)N3CCNC(=O)C3)sc2C1.Cl. The van der Waals surface area contributed by atoms with Crippen LogP contribution >= 0.6 is 46.7 Å². The molecule has 2 aliphatic heterocycles. The van der Waals surface area contributed by atoms with E-state index in [4.69, 9.17) is 11.6 Å². The number of benzene rings is 1. The molecule has 4 amide bonds. The number of hydrogen-bond donors (Lipinski definition) is 3. The topological polar surface area (TPSA) is 124 Å². The molecule has 0 spiro atoms. The lowest BCUT2D eigenvalue weighted by molar-refractivity contribution is -0.123. The molecule has 0 aliphatic carbocycles. The number of likely N-dealkylation sites (N-methyl/N-ethyl adjacent to an activating group) is 1. The second-order valence-corrected chi connectivity index (χ2v) is 11.8. The maximum atomic E-state index is 13.5. The molecule has 0 bridgehead atoms. The van der Waals surface area contributed by atoms with E-state index in [1.807, 2.05) is 7.05 Å². The summed E-state index contributed by atoms with van der Waals surface area (Å²) < 4.78 is 0.499. The second kappa shape index (κ2) is 12.4. The van der Waals surface area contributed by atoms with Gasteiger partial charge in [0.1, 0.15) is 0 Å². The maximum Gasteiger partial charge on any atom is 0.284 e. The van der Waals surface area contributed by atoms with Crippen LogP contribution in [-0.4, -0.2) is 71.6 Å². The molecule has 0 atom stereocenters. The Balaban J connectivity index is 0.00000353. The fraction of sp³-hybridized carbons (Fsp3) is 0.320. The molecule has 1 aromatic carbocycles. The Labute approximate surface area is 244 Å². The smallest absolute Gasteiger partial charge is 0.284 e. The molecule has 1 saturated heterocycles. The van der Waals surface area contributed by atoms with Gasteiger partial charge in [-0.2, -0.15) is 0 Å². The number of thiazole rings is 1. The average Bonchev–Trinajstić information content (AvgIpc) is 3.53. The monoisotopic (exact) mass is 608 g/mol. The second-order valence-electron chi connectivity index (χ2n) is 9.03. The van der Waals surface area contributed by atoms with Crippen LogP contribution in [0.25, 0.3) is 0 Å². The number of fused-ring (bicyclic) bond motifs is 1. The van der Waals surface area contributed by atoms with Crippen molar-refractivity contribution in [3.05, 3.63) is 66.3 Å². The minimum atomic E-state index is -0.429. The van der Waals surface area contributed by atoms with E-state index >= 15 is 0 Å². The van der Waals surface area contributed by atoms with E-state index in [1.54, 1.807) is 30.3 Å². The van der Waals surface area contributed by atoms with Crippen molar-refractivity contribution in [1.29, 1.82) is 0 Å².